The maximum atomic E-state index is 14.2. The van der Waals surface area contributed by atoms with E-state index in [2.05, 4.69) is 5.32 Å². The third-order valence-corrected chi connectivity index (χ3v) is 3.71. The molecule has 0 aliphatic heterocycles. The topological polar surface area (TPSA) is 30.5 Å². The van der Waals surface area contributed by atoms with E-state index >= 15 is 0 Å². The molecule has 19 heavy (non-hydrogen) atoms. The second-order valence-electron chi connectivity index (χ2n) is 4.75. The first-order chi connectivity index (χ1) is 9.02. The summed E-state index contributed by atoms with van der Waals surface area (Å²) in [7, 11) is 3.19. The summed E-state index contributed by atoms with van der Waals surface area (Å²) >= 11 is 0. The number of hydrogen-bond donors (Lipinski definition) is 1. The normalized spacial score (nSPS) is 15.9. The summed E-state index contributed by atoms with van der Waals surface area (Å²) < 4.78 is 24.9. The molecule has 1 aromatic carbocycles. The number of ether oxygens (including phenoxy) is 2. The Morgan fingerprint density at radius 1 is 1.32 bits per heavy atom. The molecule has 1 N–H and O–H groups in total. The van der Waals surface area contributed by atoms with Crippen LogP contribution in [0.3, 0.4) is 0 Å². The van der Waals surface area contributed by atoms with Crippen LogP contribution in [-0.4, -0.2) is 26.4 Å². The molecule has 0 aliphatic rings. The number of methoxy groups -OCH3 is 2. The van der Waals surface area contributed by atoms with Crippen molar-refractivity contribution in [3.8, 4) is 5.75 Å². The van der Waals surface area contributed by atoms with Gasteiger partial charge in [-0.1, -0.05) is 19.9 Å². The highest BCUT2D eigenvalue weighted by atomic mass is 19.1. The lowest BCUT2D eigenvalue weighted by molar-refractivity contribution is -0.0304. The van der Waals surface area contributed by atoms with E-state index < -0.39 is 5.60 Å². The first kappa shape index (κ1) is 15.9. The van der Waals surface area contributed by atoms with Gasteiger partial charge in [-0.2, -0.15) is 0 Å². The summed E-state index contributed by atoms with van der Waals surface area (Å²) in [5, 5.41) is 3.31. The number of hydrogen-bond acceptors (Lipinski definition) is 3. The molecule has 1 aromatic rings. The Bertz CT molecular complexity index is 405. The molecule has 0 amide bonds. The highest BCUT2D eigenvalue weighted by molar-refractivity contribution is 5.32. The quantitative estimate of drug-likeness (QED) is 0.824. The zero-order valence-corrected chi connectivity index (χ0v) is 12.4. The SMILES string of the molecule is CCNC(c1ccc(OC)cc1F)C(C)(CC)OC. The van der Waals surface area contributed by atoms with Gasteiger partial charge in [0, 0.05) is 18.7 Å². The molecule has 0 saturated carbocycles. The van der Waals surface area contributed by atoms with Crippen LogP contribution in [0.2, 0.25) is 0 Å². The molecule has 0 heterocycles. The zero-order valence-electron chi connectivity index (χ0n) is 12.4. The Balaban J connectivity index is 3.19. The molecule has 3 nitrogen and oxygen atoms in total. The van der Waals surface area contributed by atoms with Gasteiger partial charge < -0.3 is 14.8 Å². The van der Waals surface area contributed by atoms with E-state index in [0.717, 1.165) is 13.0 Å². The van der Waals surface area contributed by atoms with Gasteiger partial charge in [0.05, 0.1) is 18.8 Å². The van der Waals surface area contributed by atoms with Gasteiger partial charge in [-0.25, -0.2) is 4.39 Å². The molecule has 0 radical (unpaired) electrons. The van der Waals surface area contributed by atoms with Crippen LogP contribution < -0.4 is 10.1 Å². The summed E-state index contributed by atoms with van der Waals surface area (Å²) in [6.45, 7) is 6.77. The number of rotatable bonds is 7. The highest BCUT2D eigenvalue weighted by Gasteiger charge is 2.34. The van der Waals surface area contributed by atoms with Crippen molar-refractivity contribution in [1.82, 2.24) is 5.32 Å². The molecule has 0 spiro atoms. The van der Waals surface area contributed by atoms with Crippen molar-refractivity contribution in [3.63, 3.8) is 0 Å². The van der Waals surface area contributed by atoms with E-state index in [0.29, 0.717) is 11.3 Å². The summed E-state index contributed by atoms with van der Waals surface area (Å²) in [5.74, 6) is 0.245. The van der Waals surface area contributed by atoms with Crippen LogP contribution in [0.5, 0.6) is 5.75 Å². The van der Waals surface area contributed by atoms with E-state index in [4.69, 9.17) is 9.47 Å². The molecule has 2 atom stereocenters. The lowest BCUT2D eigenvalue weighted by Crippen LogP contribution is -2.43. The van der Waals surface area contributed by atoms with E-state index in [9.17, 15) is 4.39 Å². The molecule has 0 bridgehead atoms. The Kier molecular flexibility index (Phi) is 5.76. The van der Waals surface area contributed by atoms with Crippen LogP contribution in [0.15, 0.2) is 18.2 Å². The van der Waals surface area contributed by atoms with Crippen LogP contribution >= 0.6 is 0 Å². The van der Waals surface area contributed by atoms with Gasteiger partial charge in [0.15, 0.2) is 0 Å². The first-order valence-corrected chi connectivity index (χ1v) is 6.64. The minimum absolute atomic E-state index is 0.196. The zero-order chi connectivity index (χ0) is 14.5. The Morgan fingerprint density at radius 3 is 2.42 bits per heavy atom. The number of benzene rings is 1. The van der Waals surface area contributed by atoms with Gasteiger partial charge in [0.25, 0.3) is 0 Å². The van der Waals surface area contributed by atoms with Gasteiger partial charge in [-0.15, -0.1) is 0 Å². The second-order valence-corrected chi connectivity index (χ2v) is 4.75. The number of nitrogens with one attached hydrogen (secondary N) is 1. The minimum atomic E-state index is -0.453. The maximum Gasteiger partial charge on any atom is 0.131 e. The van der Waals surface area contributed by atoms with Gasteiger partial charge in [-0.05, 0) is 26.0 Å². The summed E-state index contributed by atoms with van der Waals surface area (Å²) in [5.41, 5.74) is 0.152. The predicted octanol–water partition coefficient (Wildman–Crippen LogP) is 3.30. The number of likely N-dealkylation sites (N-methyl/N-ethyl adjacent to an activating group) is 1. The van der Waals surface area contributed by atoms with Gasteiger partial charge in [-0.3, -0.25) is 0 Å². The monoisotopic (exact) mass is 269 g/mol. The molecule has 0 saturated heterocycles. The van der Waals surface area contributed by atoms with Gasteiger partial charge >= 0.3 is 0 Å². The van der Waals surface area contributed by atoms with E-state index in [1.165, 1.54) is 13.2 Å². The Labute approximate surface area is 115 Å². The fraction of sp³-hybridized carbons (Fsp3) is 0.600. The molecular formula is C15H24FNO2. The van der Waals surface area contributed by atoms with Gasteiger partial charge in [0.1, 0.15) is 11.6 Å². The van der Waals surface area contributed by atoms with E-state index in [-0.39, 0.29) is 11.9 Å². The Morgan fingerprint density at radius 2 is 2.00 bits per heavy atom. The van der Waals surface area contributed by atoms with Crippen molar-refractivity contribution in [2.24, 2.45) is 0 Å². The average molecular weight is 269 g/mol. The molecule has 2 unspecified atom stereocenters. The third kappa shape index (κ3) is 3.45. The van der Waals surface area contributed by atoms with Crippen molar-refractivity contribution in [2.45, 2.75) is 38.8 Å². The molecule has 0 fully saturated rings. The molecule has 4 heteroatoms. The predicted molar refractivity (Wildman–Crippen MR) is 75.1 cm³/mol. The summed E-state index contributed by atoms with van der Waals surface area (Å²) in [6, 6.07) is 4.74. The van der Waals surface area contributed by atoms with E-state index in [1.807, 2.05) is 20.8 Å². The summed E-state index contributed by atoms with van der Waals surface area (Å²) in [6.07, 6.45) is 0.784. The highest BCUT2D eigenvalue weighted by Crippen LogP contribution is 2.34. The van der Waals surface area contributed by atoms with Crippen molar-refractivity contribution in [1.29, 1.82) is 0 Å². The fourth-order valence-corrected chi connectivity index (χ4v) is 2.19. The maximum absolute atomic E-state index is 14.2. The largest absolute Gasteiger partial charge is 0.497 e. The van der Waals surface area contributed by atoms with Crippen LogP contribution in [0.4, 0.5) is 4.39 Å². The molecule has 0 aliphatic carbocycles. The molecule has 108 valence electrons. The lowest BCUT2D eigenvalue weighted by Gasteiger charge is -2.36. The standard InChI is InChI=1S/C15H24FNO2/c1-6-15(3,19-5)14(17-7-2)12-9-8-11(18-4)10-13(12)16/h8-10,14,17H,6-7H2,1-5H3. The lowest BCUT2D eigenvalue weighted by atomic mass is 9.87. The smallest absolute Gasteiger partial charge is 0.131 e. The van der Waals surface area contributed by atoms with E-state index in [1.54, 1.807) is 19.2 Å². The van der Waals surface area contributed by atoms with Crippen molar-refractivity contribution in [2.75, 3.05) is 20.8 Å². The Hall–Kier alpha value is -1.13. The van der Waals surface area contributed by atoms with Gasteiger partial charge in [0.2, 0.25) is 0 Å². The molecular weight excluding hydrogens is 245 g/mol. The first-order valence-electron chi connectivity index (χ1n) is 6.64. The minimum Gasteiger partial charge on any atom is -0.497 e. The van der Waals surface area contributed by atoms with Crippen molar-refractivity contribution >= 4 is 0 Å². The van der Waals surface area contributed by atoms with Crippen LogP contribution in [0, 0.1) is 5.82 Å². The number of halogens is 1. The van der Waals surface area contributed by atoms with Crippen molar-refractivity contribution in [3.05, 3.63) is 29.6 Å². The fourth-order valence-electron chi connectivity index (χ4n) is 2.19. The van der Waals surface area contributed by atoms with Crippen LogP contribution in [0.25, 0.3) is 0 Å². The average Bonchev–Trinajstić information content (AvgIpc) is 2.44. The van der Waals surface area contributed by atoms with Crippen LogP contribution in [0.1, 0.15) is 38.8 Å². The summed E-state index contributed by atoms with van der Waals surface area (Å²) in [4.78, 5) is 0. The third-order valence-electron chi connectivity index (χ3n) is 3.71. The van der Waals surface area contributed by atoms with Crippen LogP contribution in [-0.2, 0) is 4.74 Å². The molecule has 0 aromatic heterocycles. The molecule has 1 rings (SSSR count). The van der Waals surface area contributed by atoms with Crippen molar-refractivity contribution < 1.29 is 13.9 Å². The second kappa shape index (κ2) is 6.87.